The lowest BCUT2D eigenvalue weighted by Crippen LogP contribution is -2.30. The van der Waals surface area contributed by atoms with Crippen molar-refractivity contribution >= 4 is 15.9 Å². The Morgan fingerprint density at radius 3 is 2.76 bits per heavy atom. The van der Waals surface area contributed by atoms with Crippen LogP contribution in [0.5, 0.6) is 5.75 Å². The van der Waals surface area contributed by atoms with Crippen LogP contribution in [0.2, 0.25) is 0 Å². The molecule has 0 unspecified atom stereocenters. The van der Waals surface area contributed by atoms with Crippen molar-refractivity contribution in [3.8, 4) is 5.75 Å². The van der Waals surface area contributed by atoms with Crippen molar-refractivity contribution in [3.63, 3.8) is 0 Å². The van der Waals surface area contributed by atoms with E-state index in [4.69, 9.17) is 4.74 Å². The summed E-state index contributed by atoms with van der Waals surface area (Å²) in [6.07, 6.45) is 1.05. The number of rotatable bonds is 7. The molecule has 0 aromatic heterocycles. The fraction of sp³-hybridized carbons (Fsp3) is 0.571. The van der Waals surface area contributed by atoms with Gasteiger partial charge in [0.15, 0.2) is 0 Å². The predicted octanol–water partition coefficient (Wildman–Crippen LogP) is 3.85. The molecule has 0 saturated heterocycles. The van der Waals surface area contributed by atoms with Gasteiger partial charge in [-0.1, -0.05) is 42.8 Å². The van der Waals surface area contributed by atoms with Crippen LogP contribution in [-0.2, 0) is 0 Å². The smallest absolute Gasteiger partial charge is 0.120 e. The molecule has 1 aromatic rings. The quantitative estimate of drug-likeness (QED) is 0.826. The van der Waals surface area contributed by atoms with Gasteiger partial charge in [0.05, 0.1) is 6.61 Å². The van der Waals surface area contributed by atoms with E-state index in [0.717, 1.165) is 36.3 Å². The summed E-state index contributed by atoms with van der Waals surface area (Å²) in [5, 5.41) is 3.38. The summed E-state index contributed by atoms with van der Waals surface area (Å²) in [6.45, 7) is 9.48. The normalized spacial score (nSPS) is 11.5. The van der Waals surface area contributed by atoms with E-state index in [2.05, 4.69) is 42.0 Å². The third-order valence-electron chi connectivity index (χ3n) is 2.70. The Balaban J connectivity index is 2.32. The van der Waals surface area contributed by atoms with Crippen molar-refractivity contribution in [3.05, 3.63) is 28.7 Å². The molecule has 3 heteroatoms. The van der Waals surface area contributed by atoms with Gasteiger partial charge in [-0.15, -0.1) is 0 Å². The minimum Gasteiger partial charge on any atom is -0.494 e. The molecular weight excluding hydrogens is 278 g/mol. The Hall–Kier alpha value is -0.540. The summed E-state index contributed by atoms with van der Waals surface area (Å²) < 4.78 is 6.80. The van der Waals surface area contributed by atoms with Gasteiger partial charge < -0.3 is 10.1 Å². The molecule has 96 valence electrons. The fourth-order valence-corrected chi connectivity index (χ4v) is 1.93. The molecule has 0 radical (unpaired) electrons. The Kier molecular flexibility index (Phi) is 6.00. The van der Waals surface area contributed by atoms with Gasteiger partial charge in [0, 0.05) is 11.0 Å². The average Bonchev–Trinajstić information content (AvgIpc) is 2.26. The Labute approximate surface area is 113 Å². The van der Waals surface area contributed by atoms with Crippen molar-refractivity contribution in [2.75, 3.05) is 19.7 Å². The van der Waals surface area contributed by atoms with Crippen LogP contribution >= 0.6 is 15.9 Å². The summed E-state index contributed by atoms with van der Waals surface area (Å²) in [5.74, 6) is 0.929. The van der Waals surface area contributed by atoms with Crippen molar-refractivity contribution in [1.82, 2.24) is 5.32 Å². The van der Waals surface area contributed by atoms with Crippen LogP contribution < -0.4 is 10.1 Å². The highest BCUT2D eigenvalue weighted by atomic mass is 79.9. The lowest BCUT2D eigenvalue weighted by Gasteiger charge is -2.24. The SMILES string of the molecule is CCNCC(C)(C)CCOc1cccc(Br)c1. The Morgan fingerprint density at radius 1 is 1.35 bits per heavy atom. The van der Waals surface area contributed by atoms with Gasteiger partial charge in [-0.2, -0.15) is 0 Å². The average molecular weight is 300 g/mol. The van der Waals surface area contributed by atoms with Gasteiger partial charge in [-0.25, -0.2) is 0 Å². The third kappa shape index (κ3) is 6.08. The van der Waals surface area contributed by atoms with Crippen molar-refractivity contribution in [2.45, 2.75) is 27.2 Å². The molecule has 0 bridgehead atoms. The van der Waals surface area contributed by atoms with Crippen LogP contribution in [-0.4, -0.2) is 19.7 Å². The number of halogens is 1. The second-order valence-corrected chi connectivity index (χ2v) is 5.92. The molecule has 0 heterocycles. The van der Waals surface area contributed by atoms with E-state index in [9.17, 15) is 0 Å². The Bertz CT molecular complexity index is 339. The van der Waals surface area contributed by atoms with Crippen LogP contribution in [0, 0.1) is 5.41 Å². The molecule has 0 fully saturated rings. The maximum absolute atomic E-state index is 5.74. The highest BCUT2D eigenvalue weighted by Crippen LogP contribution is 2.21. The maximum Gasteiger partial charge on any atom is 0.120 e. The minimum absolute atomic E-state index is 0.280. The Morgan fingerprint density at radius 2 is 2.12 bits per heavy atom. The van der Waals surface area contributed by atoms with E-state index in [0.29, 0.717) is 0 Å². The van der Waals surface area contributed by atoms with E-state index in [1.54, 1.807) is 0 Å². The van der Waals surface area contributed by atoms with Gasteiger partial charge in [-0.3, -0.25) is 0 Å². The molecule has 0 spiro atoms. The van der Waals surface area contributed by atoms with Gasteiger partial charge in [-0.05, 0) is 36.6 Å². The third-order valence-corrected chi connectivity index (χ3v) is 3.19. The molecule has 1 aromatic carbocycles. The fourth-order valence-electron chi connectivity index (χ4n) is 1.55. The zero-order chi connectivity index (χ0) is 12.7. The first-order valence-electron chi connectivity index (χ1n) is 6.12. The van der Waals surface area contributed by atoms with Crippen molar-refractivity contribution in [1.29, 1.82) is 0 Å². The van der Waals surface area contributed by atoms with Crippen LogP contribution in [0.25, 0.3) is 0 Å². The number of hydrogen-bond acceptors (Lipinski definition) is 2. The van der Waals surface area contributed by atoms with Crippen molar-refractivity contribution in [2.24, 2.45) is 5.41 Å². The zero-order valence-electron chi connectivity index (χ0n) is 10.9. The first kappa shape index (κ1) is 14.5. The van der Waals surface area contributed by atoms with Crippen LogP contribution in [0.15, 0.2) is 28.7 Å². The first-order valence-corrected chi connectivity index (χ1v) is 6.92. The summed E-state index contributed by atoms with van der Waals surface area (Å²) in [6, 6.07) is 7.98. The van der Waals surface area contributed by atoms with E-state index >= 15 is 0 Å². The van der Waals surface area contributed by atoms with E-state index in [-0.39, 0.29) is 5.41 Å². The lowest BCUT2D eigenvalue weighted by molar-refractivity contribution is 0.223. The van der Waals surface area contributed by atoms with Crippen molar-refractivity contribution < 1.29 is 4.74 Å². The van der Waals surface area contributed by atoms with Gasteiger partial charge in [0.1, 0.15) is 5.75 Å². The standard InChI is InChI=1S/C14H22BrNO/c1-4-16-11-14(2,3)8-9-17-13-7-5-6-12(15)10-13/h5-7,10,16H,4,8-9,11H2,1-3H3. The molecule has 2 nitrogen and oxygen atoms in total. The number of ether oxygens (including phenoxy) is 1. The second-order valence-electron chi connectivity index (χ2n) is 5.00. The van der Waals surface area contributed by atoms with Crippen LogP contribution in [0.1, 0.15) is 27.2 Å². The summed E-state index contributed by atoms with van der Waals surface area (Å²) in [5.41, 5.74) is 0.280. The number of benzene rings is 1. The highest BCUT2D eigenvalue weighted by molar-refractivity contribution is 9.10. The summed E-state index contributed by atoms with van der Waals surface area (Å²) in [7, 11) is 0. The predicted molar refractivity (Wildman–Crippen MR) is 76.6 cm³/mol. The summed E-state index contributed by atoms with van der Waals surface area (Å²) >= 11 is 3.44. The number of hydrogen-bond donors (Lipinski definition) is 1. The monoisotopic (exact) mass is 299 g/mol. The van der Waals surface area contributed by atoms with Gasteiger partial charge in [0.25, 0.3) is 0 Å². The molecule has 0 amide bonds. The topological polar surface area (TPSA) is 21.3 Å². The molecule has 0 saturated carbocycles. The molecule has 17 heavy (non-hydrogen) atoms. The lowest BCUT2D eigenvalue weighted by atomic mass is 9.90. The molecule has 0 aliphatic carbocycles. The van der Waals surface area contributed by atoms with Gasteiger partial charge >= 0.3 is 0 Å². The first-order chi connectivity index (χ1) is 8.03. The highest BCUT2D eigenvalue weighted by Gasteiger charge is 2.16. The maximum atomic E-state index is 5.74. The molecule has 0 atom stereocenters. The second kappa shape index (κ2) is 7.02. The zero-order valence-corrected chi connectivity index (χ0v) is 12.5. The largest absolute Gasteiger partial charge is 0.494 e. The molecule has 0 aliphatic rings. The van der Waals surface area contributed by atoms with E-state index in [1.807, 2.05) is 24.3 Å². The molecule has 0 aliphatic heterocycles. The van der Waals surface area contributed by atoms with Crippen LogP contribution in [0.3, 0.4) is 0 Å². The molecule has 1 rings (SSSR count). The van der Waals surface area contributed by atoms with Crippen LogP contribution in [0.4, 0.5) is 0 Å². The molecular formula is C14H22BrNO. The van der Waals surface area contributed by atoms with E-state index in [1.165, 1.54) is 0 Å². The number of nitrogens with one attached hydrogen (secondary N) is 1. The van der Waals surface area contributed by atoms with Gasteiger partial charge in [0.2, 0.25) is 0 Å². The van der Waals surface area contributed by atoms with E-state index < -0.39 is 0 Å². The molecule has 1 N–H and O–H groups in total. The minimum atomic E-state index is 0.280. The summed E-state index contributed by atoms with van der Waals surface area (Å²) in [4.78, 5) is 0.